The van der Waals surface area contributed by atoms with Crippen molar-refractivity contribution < 1.29 is 4.74 Å². The molecule has 0 aromatic rings. The van der Waals surface area contributed by atoms with Crippen LogP contribution in [-0.4, -0.2) is 51.8 Å². The highest BCUT2D eigenvalue weighted by molar-refractivity contribution is 4.86. The molecule has 96 valence electrons. The Kier molecular flexibility index (Phi) is 5.73. The molecule has 1 fully saturated rings. The second-order valence-corrected chi connectivity index (χ2v) is 5.73. The average Bonchev–Trinajstić information content (AvgIpc) is 2.17. The summed E-state index contributed by atoms with van der Waals surface area (Å²) in [6.07, 6.45) is 2.38. The average molecular weight is 228 g/mol. The van der Waals surface area contributed by atoms with Crippen LogP contribution >= 0.6 is 0 Å². The van der Waals surface area contributed by atoms with Crippen LogP contribution in [0.4, 0.5) is 0 Å². The zero-order chi connectivity index (χ0) is 12.0. The lowest BCUT2D eigenvalue weighted by atomic mass is 9.79. The third-order valence-electron chi connectivity index (χ3n) is 3.39. The molecular weight excluding hydrogens is 200 g/mol. The van der Waals surface area contributed by atoms with Gasteiger partial charge in [0.05, 0.1) is 0 Å². The zero-order valence-corrected chi connectivity index (χ0v) is 11.4. The minimum Gasteiger partial charge on any atom is -0.381 e. The number of nitrogens with one attached hydrogen (secondary N) is 1. The van der Waals surface area contributed by atoms with E-state index >= 15 is 0 Å². The Morgan fingerprint density at radius 1 is 1.31 bits per heavy atom. The smallest absolute Gasteiger partial charge is 0.0472 e. The van der Waals surface area contributed by atoms with Crippen molar-refractivity contribution in [1.29, 1.82) is 0 Å². The van der Waals surface area contributed by atoms with Crippen molar-refractivity contribution in [2.24, 2.45) is 11.3 Å². The van der Waals surface area contributed by atoms with E-state index in [1.807, 2.05) is 0 Å². The maximum atomic E-state index is 5.49. The first kappa shape index (κ1) is 13.9. The van der Waals surface area contributed by atoms with Gasteiger partial charge in [-0.2, -0.15) is 0 Å². The molecule has 1 saturated heterocycles. The molecule has 0 bridgehead atoms. The minimum atomic E-state index is 0.427. The quantitative estimate of drug-likeness (QED) is 0.747. The normalized spacial score (nSPS) is 20.6. The number of hydrogen-bond donors (Lipinski definition) is 1. The maximum Gasteiger partial charge on any atom is 0.0472 e. The van der Waals surface area contributed by atoms with Crippen molar-refractivity contribution >= 4 is 0 Å². The van der Waals surface area contributed by atoms with Crippen LogP contribution in [0.25, 0.3) is 0 Å². The highest BCUT2D eigenvalue weighted by atomic mass is 16.5. The molecule has 0 aliphatic carbocycles. The molecular formula is C13H28N2O. The topological polar surface area (TPSA) is 24.5 Å². The molecule has 1 heterocycles. The summed E-state index contributed by atoms with van der Waals surface area (Å²) < 4.78 is 5.49. The predicted octanol–water partition coefficient (Wildman–Crippen LogP) is 1.59. The van der Waals surface area contributed by atoms with Crippen LogP contribution in [0.5, 0.6) is 0 Å². The van der Waals surface area contributed by atoms with Crippen LogP contribution in [-0.2, 0) is 4.74 Å². The van der Waals surface area contributed by atoms with E-state index in [2.05, 4.69) is 38.2 Å². The van der Waals surface area contributed by atoms with Crippen LogP contribution in [0.2, 0.25) is 0 Å². The molecule has 1 N–H and O–H groups in total. The summed E-state index contributed by atoms with van der Waals surface area (Å²) in [7, 11) is 4.30. The summed E-state index contributed by atoms with van der Waals surface area (Å²) >= 11 is 0. The van der Waals surface area contributed by atoms with Gasteiger partial charge < -0.3 is 15.0 Å². The second kappa shape index (κ2) is 6.58. The molecule has 1 aliphatic heterocycles. The van der Waals surface area contributed by atoms with Gasteiger partial charge in [-0.3, -0.25) is 0 Å². The fraction of sp³-hybridized carbons (Fsp3) is 1.00. The summed E-state index contributed by atoms with van der Waals surface area (Å²) in [5, 5.41) is 3.35. The summed E-state index contributed by atoms with van der Waals surface area (Å²) in [6.45, 7) is 9.91. The maximum absolute atomic E-state index is 5.49. The van der Waals surface area contributed by atoms with Crippen molar-refractivity contribution in [1.82, 2.24) is 10.2 Å². The van der Waals surface area contributed by atoms with Gasteiger partial charge in [-0.25, -0.2) is 0 Å². The minimum absolute atomic E-state index is 0.427. The Labute approximate surface area is 101 Å². The van der Waals surface area contributed by atoms with Crippen LogP contribution in [0.1, 0.15) is 26.7 Å². The van der Waals surface area contributed by atoms with Gasteiger partial charge >= 0.3 is 0 Å². The molecule has 16 heavy (non-hydrogen) atoms. The fourth-order valence-electron chi connectivity index (χ4n) is 2.83. The van der Waals surface area contributed by atoms with Crippen molar-refractivity contribution in [2.75, 3.05) is 46.9 Å². The van der Waals surface area contributed by atoms with Crippen molar-refractivity contribution in [3.8, 4) is 0 Å². The fourth-order valence-corrected chi connectivity index (χ4v) is 2.83. The molecule has 1 aliphatic rings. The van der Waals surface area contributed by atoms with E-state index in [-0.39, 0.29) is 0 Å². The van der Waals surface area contributed by atoms with Crippen molar-refractivity contribution in [3.05, 3.63) is 0 Å². The van der Waals surface area contributed by atoms with Gasteiger partial charge in [-0.05, 0) is 38.3 Å². The molecule has 0 aromatic carbocycles. The molecule has 0 saturated carbocycles. The lowest BCUT2D eigenvalue weighted by Crippen LogP contribution is -2.46. The SMILES string of the molecule is CNCC1(CN(C)CC(C)C)CCOCC1. The Hall–Kier alpha value is -0.120. The second-order valence-electron chi connectivity index (χ2n) is 5.73. The van der Waals surface area contributed by atoms with E-state index in [1.54, 1.807) is 0 Å². The Bertz CT molecular complexity index is 183. The van der Waals surface area contributed by atoms with Gasteiger partial charge in [0.1, 0.15) is 0 Å². The summed E-state index contributed by atoms with van der Waals surface area (Å²) in [5.74, 6) is 0.747. The first-order chi connectivity index (χ1) is 7.58. The third-order valence-corrected chi connectivity index (χ3v) is 3.39. The standard InChI is InChI=1S/C13H28N2O/c1-12(2)9-15(4)11-13(10-14-3)5-7-16-8-6-13/h12,14H,5-11H2,1-4H3. The zero-order valence-electron chi connectivity index (χ0n) is 11.4. The van der Waals surface area contributed by atoms with Crippen LogP contribution in [0.3, 0.4) is 0 Å². The molecule has 0 amide bonds. The Morgan fingerprint density at radius 3 is 2.44 bits per heavy atom. The van der Waals surface area contributed by atoms with Gasteiger partial charge in [0, 0.05) is 32.8 Å². The molecule has 0 spiro atoms. The summed E-state index contributed by atoms with van der Waals surface area (Å²) in [4.78, 5) is 2.48. The first-order valence-electron chi connectivity index (χ1n) is 6.49. The molecule has 0 radical (unpaired) electrons. The largest absolute Gasteiger partial charge is 0.381 e. The van der Waals surface area contributed by atoms with E-state index in [0.29, 0.717) is 5.41 Å². The number of hydrogen-bond acceptors (Lipinski definition) is 3. The van der Waals surface area contributed by atoms with E-state index in [4.69, 9.17) is 4.74 Å². The molecule has 0 atom stereocenters. The monoisotopic (exact) mass is 228 g/mol. The van der Waals surface area contributed by atoms with Crippen LogP contribution in [0, 0.1) is 11.3 Å². The predicted molar refractivity (Wildman–Crippen MR) is 68.7 cm³/mol. The third kappa shape index (κ3) is 4.40. The van der Waals surface area contributed by atoms with Crippen molar-refractivity contribution in [2.45, 2.75) is 26.7 Å². The molecule has 3 heteroatoms. The molecule has 0 unspecified atom stereocenters. The number of rotatable bonds is 6. The van der Waals surface area contributed by atoms with Gasteiger partial charge in [0.2, 0.25) is 0 Å². The van der Waals surface area contributed by atoms with E-state index < -0.39 is 0 Å². The van der Waals surface area contributed by atoms with E-state index in [1.165, 1.54) is 25.9 Å². The van der Waals surface area contributed by atoms with Gasteiger partial charge in [-0.1, -0.05) is 13.8 Å². The van der Waals surface area contributed by atoms with Gasteiger partial charge in [-0.15, -0.1) is 0 Å². The van der Waals surface area contributed by atoms with Crippen LogP contribution < -0.4 is 5.32 Å². The van der Waals surface area contributed by atoms with Crippen molar-refractivity contribution in [3.63, 3.8) is 0 Å². The Balaban J connectivity index is 2.48. The first-order valence-corrected chi connectivity index (χ1v) is 6.49. The molecule has 1 rings (SSSR count). The summed E-state index contributed by atoms with van der Waals surface area (Å²) in [5.41, 5.74) is 0.427. The lowest BCUT2D eigenvalue weighted by molar-refractivity contribution is -0.000958. The summed E-state index contributed by atoms with van der Waals surface area (Å²) in [6, 6.07) is 0. The highest BCUT2D eigenvalue weighted by Crippen LogP contribution is 2.30. The van der Waals surface area contributed by atoms with Crippen LogP contribution in [0.15, 0.2) is 0 Å². The highest BCUT2D eigenvalue weighted by Gasteiger charge is 2.33. The molecule has 0 aromatic heterocycles. The lowest BCUT2D eigenvalue weighted by Gasteiger charge is -2.40. The van der Waals surface area contributed by atoms with Gasteiger partial charge in [0.15, 0.2) is 0 Å². The molecule has 3 nitrogen and oxygen atoms in total. The van der Waals surface area contributed by atoms with Gasteiger partial charge in [0.25, 0.3) is 0 Å². The number of ether oxygens (including phenoxy) is 1. The number of nitrogens with zero attached hydrogens (tertiary/aromatic N) is 1. The Morgan fingerprint density at radius 2 is 1.94 bits per heavy atom. The van der Waals surface area contributed by atoms with E-state index in [9.17, 15) is 0 Å². The van der Waals surface area contributed by atoms with E-state index in [0.717, 1.165) is 25.7 Å².